The van der Waals surface area contributed by atoms with Crippen LogP contribution < -0.4 is 11.1 Å². The van der Waals surface area contributed by atoms with Gasteiger partial charge in [0.05, 0.1) is 6.04 Å². The van der Waals surface area contributed by atoms with Gasteiger partial charge in [0.1, 0.15) is 0 Å². The number of hydrogen-bond acceptors (Lipinski definition) is 4. The Hall–Kier alpha value is -1.39. The Morgan fingerprint density at radius 3 is 2.44 bits per heavy atom. The van der Waals surface area contributed by atoms with Gasteiger partial charge >= 0.3 is 0 Å². The second-order valence-electron chi connectivity index (χ2n) is 4.70. The van der Waals surface area contributed by atoms with E-state index in [1.807, 2.05) is 21.0 Å². The summed E-state index contributed by atoms with van der Waals surface area (Å²) in [5.74, 6) is 0.135. The number of ketones is 1. The van der Waals surface area contributed by atoms with E-state index in [0.29, 0.717) is 11.3 Å². The molecule has 1 aromatic carbocycles. The van der Waals surface area contributed by atoms with Crippen LogP contribution in [0.15, 0.2) is 24.3 Å². The summed E-state index contributed by atoms with van der Waals surface area (Å²) >= 11 is 0. The van der Waals surface area contributed by atoms with Crippen LogP contribution in [0.3, 0.4) is 0 Å². The van der Waals surface area contributed by atoms with Gasteiger partial charge in [-0.3, -0.25) is 4.79 Å². The van der Waals surface area contributed by atoms with Crippen molar-refractivity contribution in [2.24, 2.45) is 0 Å². The molecule has 0 bridgehead atoms. The number of nitrogens with one attached hydrogen (secondary N) is 1. The molecular formula is C14H23N3O. The minimum Gasteiger partial charge on any atom is -0.399 e. The molecule has 0 saturated heterocycles. The van der Waals surface area contributed by atoms with E-state index in [0.717, 1.165) is 19.5 Å². The van der Waals surface area contributed by atoms with Gasteiger partial charge in [-0.2, -0.15) is 0 Å². The SMILES string of the molecule is CCC(NCCN(C)C)C(=O)c1ccc(N)cc1. The summed E-state index contributed by atoms with van der Waals surface area (Å²) in [6.45, 7) is 3.75. The molecule has 4 nitrogen and oxygen atoms in total. The number of nitrogens with zero attached hydrogens (tertiary/aromatic N) is 1. The first-order chi connectivity index (χ1) is 8.54. The van der Waals surface area contributed by atoms with E-state index in [9.17, 15) is 4.79 Å². The standard InChI is InChI=1S/C14H23N3O/c1-4-13(16-9-10-17(2)3)14(18)11-5-7-12(15)8-6-11/h5-8,13,16H,4,9-10,15H2,1-3H3. The molecule has 1 rings (SSSR count). The number of Topliss-reactive ketones (excluding diaryl/α,β-unsaturated/α-hetero) is 1. The number of hydrogen-bond donors (Lipinski definition) is 2. The molecule has 0 spiro atoms. The lowest BCUT2D eigenvalue weighted by Crippen LogP contribution is -2.39. The second kappa shape index (κ2) is 7.13. The molecular weight excluding hydrogens is 226 g/mol. The van der Waals surface area contributed by atoms with Gasteiger partial charge < -0.3 is 16.0 Å². The molecule has 100 valence electrons. The maximum absolute atomic E-state index is 12.2. The molecule has 1 atom stereocenters. The van der Waals surface area contributed by atoms with Gasteiger partial charge in [-0.05, 0) is 44.8 Å². The molecule has 4 heteroatoms. The fourth-order valence-corrected chi connectivity index (χ4v) is 1.73. The molecule has 3 N–H and O–H groups in total. The summed E-state index contributed by atoms with van der Waals surface area (Å²) in [6.07, 6.45) is 0.788. The third-order valence-corrected chi connectivity index (χ3v) is 2.87. The van der Waals surface area contributed by atoms with Gasteiger partial charge in [-0.15, -0.1) is 0 Å². The van der Waals surface area contributed by atoms with Crippen LogP contribution in [0, 0.1) is 0 Å². The molecule has 0 aliphatic carbocycles. The van der Waals surface area contributed by atoms with E-state index >= 15 is 0 Å². The summed E-state index contributed by atoms with van der Waals surface area (Å²) in [5, 5.41) is 3.29. The van der Waals surface area contributed by atoms with Gasteiger partial charge in [-0.1, -0.05) is 6.92 Å². The molecule has 1 aromatic rings. The van der Waals surface area contributed by atoms with Crippen LogP contribution in [0.5, 0.6) is 0 Å². The normalized spacial score (nSPS) is 12.7. The summed E-state index contributed by atoms with van der Waals surface area (Å²) < 4.78 is 0. The van der Waals surface area contributed by atoms with E-state index in [-0.39, 0.29) is 11.8 Å². The minimum atomic E-state index is -0.117. The molecule has 0 saturated carbocycles. The van der Waals surface area contributed by atoms with Crippen molar-refractivity contribution in [1.82, 2.24) is 10.2 Å². The van der Waals surface area contributed by atoms with E-state index in [1.165, 1.54) is 0 Å². The van der Waals surface area contributed by atoms with Crippen molar-refractivity contribution in [2.45, 2.75) is 19.4 Å². The van der Waals surface area contributed by atoms with Crippen LogP contribution in [0.4, 0.5) is 5.69 Å². The van der Waals surface area contributed by atoms with Gasteiger partial charge in [0, 0.05) is 24.3 Å². The van der Waals surface area contributed by atoms with Crippen LogP contribution in [-0.4, -0.2) is 43.9 Å². The van der Waals surface area contributed by atoms with Crippen LogP contribution >= 0.6 is 0 Å². The Kier molecular flexibility index (Phi) is 5.82. The number of nitrogens with two attached hydrogens (primary N) is 1. The smallest absolute Gasteiger partial charge is 0.179 e. The first-order valence-corrected chi connectivity index (χ1v) is 6.32. The highest BCUT2D eigenvalue weighted by Crippen LogP contribution is 2.09. The molecule has 18 heavy (non-hydrogen) atoms. The van der Waals surface area contributed by atoms with E-state index in [1.54, 1.807) is 24.3 Å². The maximum Gasteiger partial charge on any atom is 0.179 e. The quantitative estimate of drug-likeness (QED) is 0.566. The van der Waals surface area contributed by atoms with Crippen LogP contribution in [0.25, 0.3) is 0 Å². The highest BCUT2D eigenvalue weighted by atomic mass is 16.1. The fourth-order valence-electron chi connectivity index (χ4n) is 1.73. The lowest BCUT2D eigenvalue weighted by molar-refractivity contribution is 0.0939. The Morgan fingerprint density at radius 1 is 1.33 bits per heavy atom. The highest BCUT2D eigenvalue weighted by molar-refractivity contribution is 6.00. The molecule has 0 fully saturated rings. The van der Waals surface area contributed by atoms with Crippen LogP contribution in [0.2, 0.25) is 0 Å². The largest absolute Gasteiger partial charge is 0.399 e. The Balaban J connectivity index is 2.59. The number of nitrogen functional groups attached to an aromatic ring is 1. The van der Waals surface area contributed by atoms with Crippen molar-refractivity contribution in [3.63, 3.8) is 0 Å². The molecule has 0 amide bonds. The number of carbonyl (C=O) groups excluding carboxylic acids is 1. The lowest BCUT2D eigenvalue weighted by Gasteiger charge is -2.17. The number of anilines is 1. The van der Waals surface area contributed by atoms with Gasteiger partial charge in [0.25, 0.3) is 0 Å². The van der Waals surface area contributed by atoms with Crippen molar-refractivity contribution >= 4 is 11.5 Å². The average molecular weight is 249 g/mol. The number of carbonyl (C=O) groups is 1. The number of likely N-dealkylation sites (N-methyl/N-ethyl adjacent to an activating group) is 1. The number of rotatable bonds is 7. The first kappa shape index (κ1) is 14.7. The van der Waals surface area contributed by atoms with Gasteiger partial charge in [0.15, 0.2) is 5.78 Å². The van der Waals surface area contributed by atoms with E-state index in [4.69, 9.17) is 5.73 Å². The van der Waals surface area contributed by atoms with E-state index < -0.39 is 0 Å². The molecule has 1 unspecified atom stereocenters. The second-order valence-corrected chi connectivity index (χ2v) is 4.70. The summed E-state index contributed by atoms with van der Waals surface area (Å²) in [5.41, 5.74) is 7.01. The third-order valence-electron chi connectivity index (χ3n) is 2.87. The zero-order valence-electron chi connectivity index (χ0n) is 11.4. The van der Waals surface area contributed by atoms with Crippen molar-refractivity contribution < 1.29 is 4.79 Å². The first-order valence-electron chi connectivity index (χ1n) is 6.32. The molecule has 0 radical (unpaired) electrons. The average Bonchev–Trinajstić information content (AvgIpc) is 2.34. The topological polar surface area (TPSA) is 58.4 Å². The monoisotopic (exact) mass is 249 g/mol. The number of benzene rings is 1. The molecule has 0 aromatic heterocycles. The highest BCUT2D eigenvalue weighted by Gasteiger charge is 2.17. The van der Waals surface area contributed by atoms with Crippen LogP contribution in [-0.2, 0) is 0 Å². The maximum atomic E-state index is 12.2. The molecule has 0 aliphatic rings. The zero-order valence-corrected chi connectivity index (χ0v) is 11.4. The predicted octanol–water partition coefficient (Wildman–Crippen LogP) is 1.38. The van der Waals surface area contributed by atoms with Gasteiger partial charge in [-0.25, -0.2) is 0 Å². The zero-order chi connectivity index (χ0) is 13.5. The van der Waals surface area contributed by atoms with E-state index in [2.05, 4.69) is 10.2 Å². The Morgan fingerprint density at radius 2 is 1.94 bits per heavy atom. The minimum absolute atomic E-state index is 0.117. The lowest BCUT2D eigenvalue weighted by atomic mass is 10.0. The Bertz CT molecular complexity index is 373. The third kappa shape index (κ3) is 4.47. The predicted molar refractivity (Wildman–Crippen MR) is 75.8 cm³/mol. The molecule has 0 aliphatic heterocycles. The van der Waals surface area contributed by atoms with Crippen molar-refractivity contribution in [1.29, 1.82) is 0 Å². The fraction of sp³-hybridized carbons (Fsp3) is 0.500. The summed E-state index contributed by atoms with van der Waals surface area (Å²) in [6, 6.07) is 6.98. The molecule has 0 heterocycles. The van der Waals surface area contributed by atoms with Crippen molar-refractivity contribution in [3.8, 4) is 0 Å². The Labute approximate surface area is 109 Å². The van der Waals surface area contributed by atoms with Crippen molar-refractivity contribution in [3.05, 3.63) is 29.8 Å². The summed E-state index contributed by atoms with van der Waals surface area (Å²) in [4.78, 5) is 14.3. The van der Waals surface area contributed by atoms with Crippen LogP contribution in [0.1, 0.15) is 23.7 Å². The van der Waals surface area contributed by atoms with Gasteiger partial charge in [0.2, 0.25) is 0 Å². The summed E-state index contributed by atoms with van der Waals surface area (Å²) in [7, 11) is 4.04. The van der Waals surface area contributed by atoms with Crippen molar-refractivity contribution in [2.75, 3.05) is 32.9 Å².